The average molecular weight is 210 g/mol. The molecule has 0 aromatic carbocycles. The van der Waals surface area contributed by atoms with Crippen molar-refractivity contribution in [2.75, 3.05) is 19.6 Å². The quantitative estimate of drug-likeness (QED) is 0.725. The molecule has 1 aliphatic rings. The molecule has 0 amide bonds. The van der Waals surface area contributed by atoms with Gasteiger partial charge < -0.3 is 10.6 Å². The van der Waals surface area contributed by atoms with Gasteiger partial charge in [-0.1, -0.05) is 6.07 Å². The van der Waals surface area contributed by atoms with Crippen molar-refractivity contribution in [2.45, 2.75) is 19.4 Å². The molecule has 1 aromatic heterocycles. The third kappa shape index (κ3) is 3.08. The van der Waals surface area contributed by atoms with Gasteiger partial charge in [-0.25, -0.2) is 0 Å². The first-order chi connectivity index (χ1) is 6.95. The van der Waals surface area contributed by atoms with Crippen molar-refractivity contribution in [3.8, 4) is 0 Å². The van der Waals surface area contributed by atoms with Crippen LogP contribution in [-0.2, 0) is 6.54 Å². The van der Waals surface area contributed by atoms with E-state index in [4.69, 9.17) is 0 Å². The first-order valence-electron chi connectivity index (χ1n) is 5.39. The van der Waals surface area contributed by atoms with Gasteiger partial charge in [0.05, 0.1) is 0 Å². The Morgan fingerprint density at radius 2 is 2.57 bits per heavy atom. The van der Waals surface area contributed by atoms with Crippen LogP contribution in [0.5, 0.6) is 0 Å². The van der Waals surface area contributed by atoms with Crippen molar-refractivity contribution in [2.24, 2.45) is 5.92 Å². The van der Waals surface area contributed by atoms with Crippen LogP contribution in [0.2, 0.25) is 0 Å². The molecule has 2 heterocycles. The standard InChI is InChI=1S/C11H18N2S/c1-2-11(14-7-1)9-13-6-4-10-3-5-12-8-10/h1-2,7,10,12-13H,3-6,8-9H2. The molecule has 2 N–H and O–H groups in total. The Morgan fingerprint density at radius 1 is 1.57 bits per heavy atom. The first kappa shape index (κ1) is 10.1. The summed E-state index contributed by atoms with van der Waals surface area (Å²) in [6.45, 7) is 4.64. The Hall–Kier alpha value is -0.380. The molecule has 14 heavy (non-hydrogen) atoms. The lowest BCUT2D eigenvalue weighted by molar-refractivity contribution is 0.501. The molecule has 1 aromatic rings. The van der Waals surface area contributed by atoms with Crippen LogP contribution in [0.1, 0.15) is 17.7 Å². The van der Waals surface area contributed by atoms with E-state index in [1.54, 1.807) is 0 Å². The van der Waals surface area contributed by atoms with E-state index in [-0.39, 0.29) is 0 Å². The van der Waals surface area contributed by atoms with Gasteiger partial charge in [-0.05, 0) is 49.8 Å². The van der Waals surface area contributed by atoms with Gasteiger partial charge in [-0.15, -0.1) is 11.3 Å². The van der Waals surface area contributed by atoms with E-state index < -0.39 is 0 Å². The van der Waals surface area contributed by atoms with E-state index in [1.165, 1.54) is 30.8 Å². The molecule has 2 nitrogen and oxygen atoms in total. The summed E-state index contributed by atoms with van der Waals surface area (Å²) in [5.41, 5.74) is 0. The molecule has 1 saturated heterocycles. The Bertz CT molecular complexity index is 240. The van der Waals surface area contributed by atoms with Crippen LogP contribution in [0.3, 0.4) is 0 Å². The molecular weight excluding hydrogens is 192 g/mol. The van der Waals surface area contributed by atoms with Crippen LogP contribution in [0.15, 0.2) is 17.5 Å². The smallest absolute Gasteiger partial charge is 0.0299 e. The minimum Gasteiger partial charge on any atom is -0.316 e. The molecule has 0 saturated carbocycles. The number of rotatable bonds is 5. The normalized spacial score (nSPS) is 21.6. The Labute approximate surface area is 89.7 Å². The fraction of sp³-hybridized carbons (Fsp3) is 0.636. The first-order valence-corrected chi connectivity index (χ1v) is 6.27. The highest BCUT2D eigenvalue weighted by molar-refractivity contribution is 7.09. The topological polar surface area (TPSA) is 24.1 Å². The molecule has 0 bridgehead atoms. The number of hydrogen-bond acceptors (Lipinski definition) is 3. The lowest BCUT2D eigenvalue weighted by Crippen LogP contribution is -2.18. The molecule has 1 fully saturated rings. The van der Waals surface area contributed by atoms with E-state index >= 15 is 0 Å². The second-order valence-corrected chi connectivity index (χ2v) is 4.94. The lowest BCUT2D eigenvalue weighted by atomic mass is 10.1. The molecule has 1 aliphatic heterocycles. The molecule has 0 spiro atoms. The zero-order chi connectivity index (χ0) is 9.64. The SMILES string of the molecule is c1csc(CNCCC2CCNC2)c1. The highest BCUT2D eigenvalue weighted by atomic mass is 32.1. The summed E-state index contributed by atoms with van der Waals surface area (Å²) in [5, 5.41) is 9.04. The average Bonchev–Trinajstić information content (AvgIpc) is 2.86. The Balaban J connectivity index is 1.55. The van der Waals surface area contributed by atoms with Crippen LogP contribution in [0.4, 0.5) is 0 Å². The van der Waals surface area contributed by atoms with Crippen molar-refractivity contribution in [1.82, 2.24) is 10.6 Å². The summed E-state index contributed by atoms with van der Waals surface area (Å²) in [6, 6.07) is 4.30. The van der Waals surface area contributed by atoms with E-state index in [2.05, 4.69) is 28.1 Å². The van der Waals surface area contributed by atoms with E-state index in [1.807, 2.05) is 11.3 Å². The van der Waals surface area contributed by atoms with Gasteiger partial charge in [0.25, 0.3) is 0 Å². The van der Waals surface area contributed by atoms with E-state index in [9.17, 15) is 0 Å². The zero-order valence-electron chi connectivity index (χ0n) is 8.46. The Morgan fingerprint density at radius 3 is 3.29 bits per heavy atom. The van der Waals surface area contributed by atoms with Crippen molar-refractivity contribution in [3.63, 3.8) is 0 Å². The molecule has 0 aliphatic carbocycles. The summed E-state index contributed by atoms with van der Waals surface area (Å²) in [4.78, 5) is 1.44. The predicted octanol–water partition coefficient (Wildman–Crippen LogP) is 1.84. The highest BCUT2D eigenvalue weighted by Gasteiger charge is 2.12. The fourth-order valence-corrected chi connectivity index (χ4v) is 2.57. The van der Waals surface area contributed by atoms with E-state index in [0.717, 1.165) is 19.0 Å². The molecule has 1 atom stereocenters. The molecule has 0 radical (unpaired) electrons. The van der Waals surface area contributed by atoms with E-state index in [0.29, 0.717) is 0 Å². The largest absolute Gasteiger partial charge is 0.316 e. The fourth-order valence-electron chi connectivity index (χ4n) is 1.89. The minimum atomic E-state index is 0.908. The third-order valence-corrected chi connectivity index (χ3v) is 3.65. The second-order valence-electron chi connectivity index (χ2n) is 3.90. The minimum absolute atomic E-state index is 0.908. The van der Waals surface area contributed by atoms with Gasteiger partial charge in [-0.3, -0.25) is 0 Å². The highest BCUT2D eigenvalue weighted by Crippen LogP contribution is 2.11. The zero-order valence-corrected chi connectivity index (χ0v) is 9.28. The third-order valence-electron chi connectivity index (χ3n) is 2.77. The van der Waals surface area contributed by atoms with Gasteiger partial charge in [-0.2, -0.15) is 0 Å². The summed E-state index contributed by atoms with van der Waals surface area (Å²) in [6.07, 6.45) is 2.68. The predicted molar refractivity (Wildman–Crippen MR) is 61.6 cm³/mol. The number of thiophene rings is 1. The lowest BCUT2D eigenvalue weighted by Gasteiger charge is -2.08. The summed E-state index contributed by atoms with van der Waals surface area (Å²) in [7, 11) is 0. The van der Waals surface area contributed by atoms with Gasteiger partial charge in [0, 0.05) is 11.4 Å². The van der Waals surface area contributed by atoms with Gasteiger partial charge in [0.15, 0.2) is 0 Å². The second kappa shape index (κ2) is 5.49. The maximum Gasteiger partial charge on any atom is 0.0299 e. The maximum absolute atomic E-state index is 3.50. The summed E-state index contributed by atoms with van der Waals surface area (Å²) >= 11 is 1.83. The van der Waals surface area contributed by atoms with Crippen molar-refractivity contribution in [1.29, 1.82) is 0 Å². The van der Waals surface area contributed by atoms with Crippen LogP contribution in [0, 0.1) is 5.92 Å². The maximum atomic E-state index is 3.50. The summed E-state index contributed by atoms with van der Waals surface area (Å²) < 4.78 is 0. The van der Waals surface area contributed by atoms with Crippen LogP contribution in [0.25, 0.3) is 0 Å². The molecule has 78 valence electrons. The molecule has 2 rings (SSSR count). The number of nitrogens with one attached hydrogen (secondary N) is 2. The van der Waals surface area contributed by atoms with Gasteiger partial charge >= 0.3 is 0 Å². The van der Waals surface area contributed by atoms with Crippen molar-refractivity contribution >= 4 is 11.3 Å². The van der Waals surface area contributed by atoms with Gasteiger partial charge in [0.2, 0.25) is 0 Å². The van der Waals surface area contributed by atoms with Crippen LogP contribution in [-0.4, -0.2) is 19.6 Å². The van der Waals surface area contributed by atoms with Crippen LogP contribution >= 0.6 is 11.3 Å². The molecular formula is C11H18N2S. The molecule has 1 unspecified atom stereocenters. The number of hydrogen-bond donors (Lipinski definition) is 2. The molecule has 3 heteroatoms. The van der Waals surface area contributed by atoms with Crippen molar-refractivity contribution in [3.05, 3.63) is 22.4 Å². The van der Waals surface area contributed by atoms with Crippen molar-refractivity contribution < 1.29 is 0 Å². The monoisotopic (exact) mass is 210 g/mol. The van der Waals surface area contributed by atoms with Crippen LogP contribution < -0.4 is 10.6 Å². The summed E-state index contributed by atoms with van der Waals surface area (Å²) in [5.74, 6) is 0.908. The Kier molecular flexibility index (Phi) is 3.98. The van der Waals surface area contributed by atoms with Gasteiger partial charge in [0.1, 0.15) is 0 Å².